The SMILES string of the molecule is C=CCOc1cc(C#N)cc(NS(=O)(=O)c2ccc(C(C)(C)C)cc2)c1Oc1ccccc1OC. The molecule has 0 bridgehead atoms. The normalized spacial score (nSPS) is 11.3. The molecule has 0 aliphatic carbocycles. The molecule has 0 aliphatic rings. The third-order valence-corrected chi connectivity index (χ3v) is 6.48. The Balaban J connectivity index is 2.10. The monoisotopic (exact) mass is 492 g/mol. The number of methoxy groups -OCH3 is 1. The topological polar surface area (TPSA) is 97.7 Å². The molecule has 3 aromatic carbocycles. The summed E-state index contributed by atoms with van der Waals surface area (Å²) in [6.45, 7) is 9.92. The predicted octanol–water partition coefficient (Wildman–Crippen LogP) is 6.02. The molecule has 0 radical (unpaired) electrons. The summed E-state index contributed by atoms with van der Waals surface area (Å²) in [5, 5.41) is 9.53. The van der Waals surface area contributed by atoms with Gasteiger partial charge in [0.25, 0.3) is 10.0 Å². The standard InChI is InChI=1S/C27H28N2O5S/c1-6-15-33-25-17-19(18-28)16-22(26(25)34-24-10-8-7-9-23(24)32-5)29-35(30,31)21-13-11-20(12-14-21)27(2,3)4/h6-14,16-17,29H,1,15H2,2-5H3. The zero-order valence-electron chi connectivity index (χ0n) is 20.2. The Morgan fingerprint density at radius 3 is 2.26 bits per heavy atom. The van der Waals surface area contributed by atoms with Gasteiger partial charge in [0.1, 0.15) is 6.61 Å². The number of nitriles is 1. The van der Waals surface area contributed by atoms with Crippen LogP contribution < -0.4 is 18.9 Å². The Labute approximate surface area is 206 Å². The van der Waals surface area contributed by atoms with Gasteiger partial charge in [-0.25, -0.2) is 8.42 Å². The third kappa shape index (κ3) is 6.14. The van der Waals surface area contributed by atoms with Gasteiger partial charge in [-0.3, -0.25) is 4.72 Å². The predicted molar refractivity (Wildman–Crippen MR) is 136 cm³/mol. The highest BCUT2D eigenvalue weighted by Gasteiger charge is 2.23. The Hall–Kier alpha value is -3.96. The number of ether oxygens (including phenoxy) is 3. The fourth-order valence-corrected chi connectivity index (χ4v) is 4.31. The second-order valence-corrected chi connectivity index (χ2v) is 10.4. The lowest BCUT2D eigenvalue weighted by Gasteiger charge is -2.20. The lowest BCUT2D eigenvalue weighted by atomic mass is 9.87. The maximum Gasteiger partial charge on any atom is 0.262 e. The molecular weight excluding hydrogens is 464 g/mol. The van der Waals surface area contributed by atoms with Crippen LogP contribution in [0.15, 0.2) is 78.2 Å². The molecule has 0 aliphatic heterocycles. The minimum Gasteiger partial charge on any atom is -0.493 e. The maximum absolute atomic E-state index is 13.3. The molecule has 0 fully saturated rings. The van der Waals surface area contributed by atoms with E-state index in [1.54, 1.807) is 48.5 Å². The molecule has 1 N–H and O–H groups in total. The lowest BCUT2D eigenvalue weighted by molar-refractivity contribution is 0.333. The van der Waals surface area contributed by atoms with Crippen molar-refractivity contribution in [2.45, 2.75) is 31.1 Å². The number of hydrogen-bond acceptors (Lipinski definition) is 6. The van der Waals surface area contributed by atoms with Crippen LogP contribution in [0.2, 0.25) is 0 Å². The van der Waals surface area contributed by atoms with Gasteiger partial charge in [-0.15, -0.1) is 0 Å². The van der Waals surface area contributed by atoms with Crippen LogP contribution in [0, 0.1) is 11.3 Å². The summed E-state index contributed by atoms with van der Waals surface area (Å²) in [6.07, 6.45) is 1.53. The number of nitrogens with zero attached hydrogens (tertiary/aromatic N) is 1. The van der Waals surface area contributed by atoms with Crippen LogP contribution in [-0.4, -0.2) is 22.1 Å². The lowest BCUT2D eigenvalue weighted by Crippen LogP contribution is -2.15. The summed E-state index contributed by atoms with van der Waals surface area (Å²) < 4.78 is 46.3. The molecule has 3 aromatic rings. The molecule has 0 unspecified atom stereocenters. The summed E-state index contributed by atoms with van der Waals surface area (Å²) in [7, 11) is -2.51. The smallest absolute Gasteiger partial charge is 0.262 e. The van der Waals surface area contributed by atoms with Crippen molar-refractivity contribution < 1.29 is 22.6 Å². The molecule has 0 spiro atoms. The number of rotatable bonds is 9. The molecule has 0 aromatic heterocycles. The average molecular weight is 493 g/mol. The quantitative estimate of drug-likeness (QED) is 0.367. The van der Waals surface area contributed by atoms with Gasteiger partial charge in [-0.05, 0) is 41.3 Å². The van der Waals surface area contributed by atoms with Crippen molar-refractivity contribution in [1.82, 2.24) is 0 Å². The van der Waals surface area contributed by atoms with Crippen LogP contribution in [0.3, 0.4) is 0 Å². The van der Waals surface area contributed by atoms with E-state index < -0.39 is 10.0 Å². The van der Waals surface area contributed by atoms with E-state index in [-0.39, 0.29) is 39.7 Å². The van der Waals surface area contributed by atoms with E-state index in [0.717, 1.165) is 5.56 Å². The fraction of sp³-hybridized carbons (Fsp3) is 0.222. The van der Waals surface area contributed by atoms with Crippen molar-refractivity contribution in [3.8, 4) is 29.1 Å². The second-order valence-electron chi connectivity index (χ2n) is 8.70. The highest BCUT2D eigenvalue weighted by atomic mass is 32.2. The van der Waals surface area contributed by atoms with Crippen LogP contribution in [0.5, 0.6) is 23.0 Å². The van der Waals surface area contributed by atoms with Crippen molar-refractivity contribution in [3.05, 3.63) is 84.4 Å². The van der Waals surface area contributed by atoms with E-state index in [9.17, 15) is 13.7 Å². The van der Waals surface area contributed by atoms with Gasteiger partial charge in [0.05, 0.1) is 29.3 Å². The average Bonchev–Trinajstić information content (AvgIpc) is 2.83. The van der Waals surface area contributed by atoms with Crippen LogP contribution in [-0.2, 0) is 15.4 Å². The molecule has 7 nitrogen and oxygen atoms in total. The summed E-state index contributed by atoms with van der Waals surface area (Å²) in [6, 6.07) is 18.5. The van der Waals surface area contributed by atoms with Gasteiger partial charge in [0.15, 0.2) is 23.0 Å². The summed E-state index contributed by atoms with van der Waals surface area (Å²) in [4.78, 5) is 0.0738. The van der Waals surface area contributed by atoms with Gasteiger partial charge < -0.3 is 14.2 Å². The molecule has 0 heterocycles. The first kappa shape index (κ1) is 25.7. The Morgan fingerprint density at radius 1 is 1.03 bits per heavy atom. The first-order chi connectivity index (χ1) is 16.6. The van der Waals surface area contributed by atoms with Gasteiger partial charge >= 0.3 is 0 Å². The van der Waals surface area contributed by atoms with Crippen LogP contribution >= 0.6 is 0 Å². The van der Waals surface area contributed by atoms with E-state index in [0.29, 0.717) is 11.5 Å². The fourth-order valence-electron chi connectivity index (χ4n) is 3.25. The molecule has 35 heavy (non-hydrogen) atoms. The summed E-state index contributed by atoms with van der Waals surface area (Å²) >= 11 is 0. The van der Waals surface area contributed by atoms with Crippen LogP contribution in [0.25, 0.3) is 0 Å². The number of sulfonamides is 1. The number of benzene rings is 3. The second kappa shape index (κ2) is 10.5. The number of anilines is 1. The van der Waals surface area contributed by atoms with Gasteiger partial charge in [-0.1, -0.05) is 57.7 Å². The van der Waals surface area contributed by atoms with Crippen molar-refractivity contribution in [3.63, 3.8) is 0 Å². The van der Waals surface area contributed by atoms with Crippen LogP contribution in [0.4, 0.5) is 5.69 Å². The zero-order chi connectivity index (χ0) is 25.6. The van der Waals surface area contributed by atoms with E-state index in [1.165, 1.54) is 25.3 Å². The molecule has 0 saturated heterocycles. The molecule has 0 atom stereocenters. The molecule has 3 rings (SSSR count). The Bertz CT molecular complexity index is 1350. The number of hydrogen-bond donors (Lipinski definition) is 1. The van der Waals surface area contributed by atoms with Gasteiger partial charge in [0.2, 0.25) is 0 Å². The summed E-state index contributed by atoms with van der Waals surface area (Å²) in [5.41, 5.74) is 1.12. The Kier molecular flexibility index (Phi) is 7.72. The van der Waals surface area contributed by atoms with Gasteiger partial charge in [0, 0.05) is 6.07 Å². The minimum absolute atomic E-state index is 0.0499. The molecule has 8 heteroatoms. The van der Waals surface area contributed by atoms with Crippen molar-refractivity contribution in [1.29, 1.82) is 5.26 Å². The van der Waals surface area contributed by atoms with Crippen LogP contribution in [0.1, 0.15) is 31.9 Å². The highest BCUT2D eigenvalue weighted by molar-refractivity contribution is 7.92. The van der Waals surface area contributed by atoms with E-state index in [1.807, 2.05) is 26.8 Å². The first-order valence-corrected chi connectivity index (χ1v) is 12.3. The van der Waals surface area contributed by atoms with Crippen molar-refractivity contribution in [2.75, 3.05) is 18.4 Å². The first-order valence-electron chi connectivity index (χ1n) is 10.8. The molecular formula is C27H28N2O5S. The highest BCUT2D eigenvalue weighted by Crippen LogP contribution is 2.43. The minimum atomic E-state index is -4.01. The zero-order valence-corrected chi connectivity index (χ0v) is 21.0. The number of nitrogens with one attached hydrogen (secondary N) is 1. The van der Waals surface area contributed by atoms with E-state index >= 15 is 0 Å². The van der Waals surface area contributed by atoms with Gasteiger partial charge in [-0.2, -0.15) is 5.26 Å². The largest absolute Gasteiger partial charge is 0.493 e. The molecule has 0 amide bonds. The Morgan fingerprint density at radius 2 is 1.69 bits per heavy atom. The van der Waals surface area contributed by atoms with E-state index in [4.69, 9.17) is 14.2 Å². The van der Waals surface area contributed by atoms with Crippen molar-refractivity contribution in [2.24, 2.45) is 0 Å². The maximum atomic E-state index is 13.3. The van der Waals surface area contributed by atoms with E-state index in [2.05, 4.69) is 11.3 Å². The van der Waals surface area contributed by atoms with Crippen molar-refractivity contribution >= 4 is 15.7 Å². The number of para-hydroxylation sites is 2. The molecule has 0 saturated carbocycles. The summed E-state index contributed by atoms with van der Waals surface area (Å²) in [5.74, 6) is 1.05. The third-order valence-electron chi connectivity index (χ3n) is 5.10. The molecule has 182 valence electrons.